The standard InChI is InChI=1S/C18H17F3N2O.ClH/c1-11-6-7-14(18(19,20)21)9-15(11)23-17(24)16-8-12-4-2-3-5-13(12)10-22-16;/h2-7,9,16,22H,8,10H2,1H3,(H,23,24);1H. The van der Waals surface area contributed by atoms with Gasteiger partial charge in [-0.05, 0) is 42.2 Å². The third-order valence-electron chi connectivity index (χ3n) is 4.22. The molecule has 1 unspecified atom stereocenters. The van der Waals surface area contributed by atoms with Crippen molar-refractivity contribution in [2.24, 2.45) is 0 Å². The van der Waals surface area contributed by atoms with Crippen molar-refractivity contribution < 1.29 is 18.0 Å². The molecule has 2 N–H and O–H groups in total. The molecule has 7 heteroatoms. The summed E-state index contributed by atoms with van der Waals surface area (Å²) < 4.78 is 38.5. The number of anilines is 1. The fraction of sp³-hybridized carbons (Fsp3) is 0.278. The van der Waals surface area contributed by atoms with Gasteiger partial charge in [-0.15, -0.1) is 12.4 Å². The normalized spacial score (nSPS) is 16.6. The molecule has 1 aliphatic rings. The molecule has 0 bridgehead atoms. The minimum Gasteiger partial charge on any atom is -0.324 e. The third-order valence-corrected chi connectivity index (χ3v) is 4.22. The maximum absolute atomic E-state index is 12.8. The van der Waals surface area contributed by atoms with Gasteiger partial charge < -0.3 is 10.6 Å². The molecule has 1 amide bonds. The number of aryl methyl sites for hydroxylation is 1. The zero-order chi connectivity index (χ0) is 17.3. The summed E-state index contributed by atoms with van der Waals surface area (Å²) in [6.07, 6.45) is -3.92. The van der Waals surface area contributed by atoms with Crippen molar-refractivity contribution in [1.29, 1.82) is 0 Å². The zero-order valence-electron chi connectivity index (χ0n) is 13.5. The number of rotatable bonds is 2. The van der Waals surface area contributed by atoms with Crippen LogP contribution in [0.2, 0.25) is 0 Å². The van der Waals surface area contributed by atoms with Gasteiger partial charge in [-0.1, -0.05) is 30.3 Å². The Balaban J connectivity index is 0.00000225. The maximum atomic E-state index is 12.8. The molecule has 3 rings (SSSR count). The predicted octanol–water partition coefficient (Wildman–Crippen LogP) is 4.09. The number of nitrogens with one attached hydrogen (secondary N) is 2. The van der Waals surface area contributed by atoms with Gasteiger partial charge in [0, 0.05) is 12.2 Å². The van der Waals surface area contributed by atoms with Gasteiger partial charge in [0.05, 0.1) is 11.6 Å². The Labute approximate surface area is 150 Å². The van der Waals surface area contributed by atoms with Gasteiger partial charge in [-0.3, -0.25) is 4.79 Å². The van der Waals surface area contributed by atoms with E-state index < -0.39 is 17.8 Å². The van der Waals surface area contributed by atoms with Crippen LogP contribution in [0.4, 0.5) is 18.9 Å². The van der Waals surface area contributed by atoms with E-state index in [4.69, 9.17) is 0 Å². The highest BCUT2D eigenvalue weighted by Gasteiger charge is 2.31. The Morgan fingerprint density at radius 1 is 1.16 bits per heavy atom. The van der Waals surface area contributed by atoms with Crippen LogP contribution in [0.25, 0.3) is 0 Å². The lowest BCUT2D eigenvalue weighted by Gasteiger charge is -2.25. The highest BCUT2D eigenvalue weighted by Crippen LogP contribution is 2.32. The van der Waals surface area contributed by atoms with Crippen LogP contribution >= 0.6 is 12.4 Å². The molecule has 3 nitrogen and oxygen atoms in total. The summed E-state index contributed by atoms with van der Waals surface area (Å²) >= 11 is 0. The Morgan fingerprint density at radius 2 is 1.84 bits per heavy atom. The van der Waals surface area contributed by atoms with Crippen LogP contribution in [-0.4, -0.2) is 11.9 Å². The quantitative estimate of drug-likeness (QED) is 0.836. The lowest BCUT2D eigenvalue weighted by molar-refractivity contribution is -0.137. The molecular formula is C18H18ClF3N2O. The van der Waals surface area contributed by atoms with Gasteiger partial charge in [0.15, 0.2) is 0 Å². The molecule has 134 valence electrons. The van der Waals surface area contributed by atoms with Gasteiger partial charge in [-0.2, -0.15) is 13.2 Å². The number of alkyl halides is 3. The van der Waals surface area contributed by atoms with E-state index in [1.807, 2.05) is 24.3 Å². The van der Waals surface area contributed by atoms with E-state index in [2.05, 4.69) is 10.6 Å². The van der Waals surface area contributed by atoms with Gasteiger partial charge in [0.25, 0.3) is 0 Å². The van der Waals surface area contributed by atoms with Crippen molar-refractivity contribution in [2.75, 3.05) is 5.32 Å². The van der Waals surface area contributed by atoms with Crippen LogP contribution in [0.5, 0.6) is 0 Å². The Hall–Kier alpha value is -2.05. The van der Waals surface area contributed by atoms with Gasteiger partial charge in [0.2, 0.25) is 5.91 Å². The molecule has 1 aliphatic heterocycles. The summed E-state index contributed by atoms with van der Waals surface area (Å²) in [5.74, 6) is -0.327. The van der Waals surface area contributed by atoms with Gasteiger partial charge in [-0.25, -0.2) is 0 Å². The van der Waals surface area contributed by atoms with Crippen molar-refractivity contribution in [2.45, 2.75) is 32.1 Å². The van der Waals surface area contributed by atoms with Crippen molar-refractivity contribution >= 4 is 24.0 Å². The topological polar surface area (TPSA) is 41.1 Å². The van der Waals surface area contributed by atoms with Crippen molar-refractivity contribution in [3.63, 3.8) is 0 Å². The molecule has 0 aliphatic carbocycles. The van der Waals surface area contributed by atoms with E-state index in [0.29, 0.717) is 18.5 Å². The first-order chi connectivity index (χ1) is 11.3. The van der Waals surface area contributed by atoms with Crippen LogP contribution in [-0.2, 0) is 23.9 Å². The number of amides is 1. The lowest BCUT2D eigenvalue weighted by atomic mass is 9.95. The molecule has 25 heavy (non-hydrogen) atoms. The fourth-order valence-electron chi connectivity index (χ4n) is 2.79. The first kappa shape index (κ1) is 19.3. The van der Waals surface area contributed by atoms with E-state index in [1.54, 1.807) is 6.92 Å². The average molecular weight is 371 g/mol. The Morgan fingerprint density at radius 3 is 2.52 bits per heavy atom. The summed E-state index contributed by atoms with van der Waals surface area (Å²) in [6, 6.07) is 10.7. The Kier molecular flexibility index (Phi) is 5.75. The number of hydrogen-bond donors (Lipinski definition) is 2. The summed E-state index contributed by atoms with van der Waals surface area (Å²) in [6.45, 7) is 2.23. The largest absolute Gasteiger partial charge is 0.416 e. The lowest BCUT2D eigenvalue weighted by Crippen LogP contribution is -2.44. The second-order valence-electron chi connectivity index (χ2n) is 5.92. The smallest absolute Gasteiger partial charge is 0.324 e. The van der Waals surface area contributed by atoms with Crippen LogP contribution in [0.15, 0.2) is 42.5 Å². The fourth-order valence-corrected chi connectivity index (χ4v) is 2.79. The van der Waals surface area contributed by atoms with Gasteiger partial charge >= 0.3 is 6.18 Å². The first-order valence-corrected chi connectivity index (χ1v) is 7.63. The third kappa shape index (κ3) is 4.32. The molecule has 1 atom stereocenters. The number of carbonyl (C=O) groups is 1. The summed E-state index contributed by atoms with van der Waals surface area (Å²) in [5.41, 5.74) is 2.22. The zero-order valence-corrected chi connectivity index (χ0v) is 14.3. The second-order valence-corrected chi connectivity index (χ2v) is 5.92. The molecule has 0 fully saturated rings. The Bertz CT molecular complexity index is 777. The van der Waals surface area contributed by atoms with Crippen LogP contribution < -0.4 is 10.6 Å². The monoisotopic (exact) mass is 370 g/mol. The van der Waals surface area contributed by atoms with Crippen molar-refractivity contribution in [1.82, 2.24) is 5.32 Å². The van der Waals surface area contributed by atoms with Crippen LogP contribution in [0.1, 0.15) is 22.3 Å². The number of halogens is 4. The minimum absolute atomic E-state index is 0. The molecule has 1 heterocycles. The maximum Gasteiger partial charge on any atom is 0.416 e. The molecule has 0 radical (unpaired) electrons. The summed E-state index contributed by atoms with van der Waals surface area (Å²) in [5, 5.41) is 5.75. The molecule has 0 saturated carbocycles. The minimum atomic E-state index is -4.44. The predicted molar refractivity (Wildman–Crippen MR) is 92.8 cm³/mol. The van der Waals surface area contributed by atoms with E-state index in [9.17, 15) is 18.0 Å². The number of benzene rings is 2. The van der Waals surface area contributed by atoms with Crippen LogP contribution in [0.3, 0.4) is 0 Å². The van der Waals surface area contributed by atoms with Crippen molar-refractivity contribution in [3.8, 4) is 0 Å². The number of hydrogen-bond acceptors (Lipinski definition) is 2. The van der Waals surface area contributed by atoms with Crippen LogP contribution in [0, 0.1) is 6.92 Å². The summed E-state index contributed by atoms with van der Waals surface area (Å²) in [4.78, 5) is 12.4. The average Bonchev–Trinajstić information content (AvgIpc) is 2.55. The van der Waals surface area contributed by atoms with Gasteiger partial charge in [0.1, 0.15) is 0 Å². The van der Waals surface area contributed by atoms with E-state index >= 15 is 0 Å². The summed E-state index contributed by atoms with van der Waals surface area (Å²) in [7, 11) is 0. The number of fused-ring (bicyclic) bond motifs is 1. The highest BCUT2D eigenvalue weighted by molar-refractivity contribution is 5.96. The molecule has 0 spiro atoms. The molecule has 0 aromatic heterocycles. The molecular weight excluding hydrogens is 353 g/mol. The van der Waals surface area contributed by atoms with E-state index in [-0.39, 0.29) is 24.0 Å². The van der Waals surface area contributed by atoms with Crippen molar-refractivity contribution in [3.05, 3.63) is 64.7 Å². The molecule has 2 aromatic rings. The van der Waals surface area contributed by atoms with E-state index in [1.165, 1.54) is 6.07 Å². The SMILES string of the molecule is Cc1ccc(C(F)(F)F)cc1NC(=O)C1Cc2ccccc2CN1.Cl. The highest BCUT2D eigenvalue weighted by atomic mass is 35.5. The number of carbonyl (C=O) groups excluding carboxylic acids is 1. The molecule has 0 saturated heterocycles. The van der Waals surface area contributed by atoms with E-state index in [0.717, 1.165) is 23.3 Å². The molecule has 2 aromatic carbocycles. The second kappa shape index (κ2) is 7.45. The first-order valence-electron chi connectivity index (χ1n) is 7.63.